The lowest BCUT2D eigenvalue weighted by molar-refractivity contribution is 0.772. The van der Waals surface area contributed by atoms with Crippen molar-refractivity contribution in [3.05, 3.63) is 40.2 Å². The van der Waals surface area contributed by atoms with Gasteiger partial charge in [0, 0.05) is 24.3 Å². The molecule has 21 heavy (non-hydrogen) atoms. The van der Waals surface area contributed by atoms with Crippen molar-refractivity contribution in [2.75, 3.05) is 17.7 Å². The van der Waals surface area contributed by atoms with Crippen molar-refractivity contribution >= 4 is 23.2 Å². The number of anilines is 2. The van der Waals surface area contributed by atoms with Gasteiger partial charge in [0.1, 0.15) is 0 Å². The molecule has 112 valence electrons. The Hall–Kier alpha value is -1.88. The maximum absolute atomic E-state index is 6.20. The number of aryl methyl sites for hydroxylation is 2. The van der Waals surface area contributed by atoms with Crippen molar-refractivity contribution in [2.24, 2.45) is 0 Å². The molecule has 0 radical (unpaired) electrons. The van der Waals surface area contributed by atoms with Gasteiger partial charge in [-0.3, -0.25) is 0 Å². The lowest BCUT2D eigenvalue weighted by Gasteiger charge is -2.18. The number of hydrogen-bond acceptors (Lipinski definition) is 5. The van der Waals surface area contributed by atoms with Crippen LogP contribution in [0.25, 0.3) is 0 Å². The number of halogens is 1. The van der Waals surface area contributed by atoms with Gasteiger partial charge in [-0.25, -0.2) is 4.98 Å². The summed E-state index contributed by atoms with van der Waals surface area (Å²) in [4.78, 5) is 6.51. The van der Waals surface area contributed by atoms with Crippen LogP contribution in [0.1, 0.15) is 30.8 Å². The molecule has 1 aromatic heterocycles. The molecule has 0 saturated carbocycles. The number of nitrogens with two attached hydrogens (primary N) is 1. The fourth-order valence-electron chi connectivity index (χ4n) is 2.13. The van der Waals surface area contributed by atoms with Gasteiger partial charge in [-0.1, -0.05) is 25.4 Å². The van der Waals surface area contributed by atoms with Crippen LogP contribution in [-0.4, -0.2) is 22.2 Å². The van der Waals surface area contributed by atoms with Crippen molar-refractivity contribution in [2.45, 2.75) is 33.2 Å². The normalized spacial score (nSPS) is 10.7. The van der Waals surface area contributed by atoms with Crippen molar-refractivity contribution in [1.82, 2.24) is 15.2 Å². The Bertz CT molecular complexity index is 629. The van der Waals surface area contributed by atoms with E-state index in [4.69, 9.17) is 17.3 Å². The summed E-state index contributed by atoms with van der Waals surface area (Å²) in [6.45, 7) is 4.71. The zero-order chi connectivity index (χ0) is 15.4. The molecule has 2 aromatic rings. The Morgan fingerprint density at radius 2 is 1.86 bits per heavy atom. The second kappa shape index (κ2) is 6.72. The van der Waals surface area contributed by atoms with Crippen molar-refractivity contribution in [1.29, 1.82) is 0 Å². The minimum Gasteiger partial charge on any atom is -0.399 e. The van der Waals surface area contributed by atoms with Crippen LogP contribution in [0, 0.1) is 0 Å². The highest BCUT2D eigenvalue weighted by Gasteiger charge is 2.12. The fourth-order valence-corrected chi connectivity index (χ4v) is 2.31. The molecule has 0 bridgehead atoms. The van der Waals surface area contributed by atoms with Crippen molar-refractivity contribution in [3.63, 3.8) is 0 Å². The maximum Gasteiger partial charge on any atom is 0.245 e. The summed E-state index contributed by atoms with van der Waals surface area (Å²) in [5.74, 6) is 0.600. The van der Waals surface area contributed by atoms with E-state index in [1.54, 1.807) is 12.1 Å². The molecular formula is C15H20ClN5. The summed E-state index contributed by atoms with van der Waals surface area (Å²) in [7, 11) is 1.92. The van der Waals surface area contributed by atoms with Gasteiger partial charge in [0.15, 0.2) is 0 Å². The van der Waals surface area contributed by atoms with Gasteiger partial charge in [0.2, 0.25) is 5.95 Å². The first-order valence-corrected chi connectivity index (χ1v) is 7.40. The zero-order valence-electron chi connectivity index (χ0n) is 12.6. The van der Waals surface area contributed by atoms with E-state index in [9.17, 15) is 0 Å². The van der Waals surface area contributed by atoms with Crippen LogP contribution in [0.2, 0.25) is 5.02 Å². The Labute approximate surface area is 130 Å². The van der Waals surface area contributed by atoms with Gasteiger partial charge in [0.05, 0.1) is 11.4 Å². The van der Waals surface area contributed by atoms with Crippen molar-refractivity contribution < 1.29 is 0 Å². The van der Waals surface area contributed by atoms with Gasteiger partial charge in [-0.15, -0.1) is 5.10 Å². The number of benzene rings is 1. The molecule has 0 amide bonds. The third-order valence-corrected chi connectivity index (χ3v) is 3.69. The first kappa shape index (κ1) is 15.5. The van der Waals surface area contributed by atoms with Crippen LogP contribution >= 0.6 is 11.6 Å². The third kappa shape index (κ3) is 3.61. The van der Waals surface area contributed by atoms with Crippen LogP contribution in [-0.2, 0) is 19.4 Å². The maximum atomic E-state index is 6.20. The van der Waals surface area contributed by atoms with Crippen LogP contribution in [0.15, 0.2) is 18.2 Å². The Kier molecular flexibility index (Phi) is 4.96. The highest BCUT2D eigenvalue weighted by molar-refractivity contribution is 6.31. The van der Waals surface area contributed by atoms with E-state index in [0.717, 1.165) is 29.8 Å². The number of nitrogens with zero attached hydrogens (tertiary/aromatic N) is 4. The summed E-state index contributed by atoms with van der Waals surface area (Å²) < 4.78 is 0. The molecule has 0 atom stereocenters. The second-order valence-electron chi connectivity index (χ2n) is 4.92. The SMILES string of the molecule is CCc1nnc(N(C)Cc2cc(N)ccc2Cl)nc1CC. The van der Waals surface area contributed by atoms with Crippen LogP contribution in [0.5, 0.6) is 0 Å². The Morgan fingerprint density at radius 1 is 1.14 bits per heavy atom. The molecule has 2 N–H and O–H groups in total. The first-order valence-electron chi connectivity index (χ1n) is 7.02. The second-order valence-corrected chi connectivity index (χ2v) is 5.33. The molecule has 0 fully saturated rings. The van der Waals surface area contributed by atoms with E-state index in [0.29, 0.717) is 23.2 Å². The van der Waals surface area contributed by atoms with E-state index < -0.39 is 0 Å². The average molecular weight is 306 g/mol. The smallest absolute Gasteiger partial charge is 0.245 e. The highest BCUT2D eigenvalue weighted by Crippen LogP contribution is 2.21. The molecule has 0 saturated heterocycles. The quantitative estimate of drug-likeness (QED) is 0.860. The lowest BCUT2D eigenvalue weighted by Crippen LogP contribution is -2.21. The molecule has 0 aliphatic rings. The molecule has 0 aliphatic carbocycles. The minimum absolute atomic E-state index is 0.584. The molecule has 6 heteroatoms. The number of rotatable bonds is 5. The van der Waals surface area contributed by atoms with E-state index >= 15 is 0 Å². The van der Waals surface area contributed by atoms with Gasteiger partial charge in [0.25, 0.3) is 0 Å². The van der Waals surface area contributed by atoms with E-state index in [1.807, 2.05) is 18.0 Å². The predicted molar refractivity (Wildman–Crippen MR) is 86.6 cm³/mol. The zero-order valence-corrected chi connectivity index (χ0v) is 13.4. The van der Waals surface area contributed by atoms with E-state index in [1.165, 1.54) is 0 Å². The molecule has 0 aliphatic heterocycles. The standard InChI is InChI=1S/C15H20ClN5/c1-4-13-14(5-2)19-20-15(18-13)21(3)9-10-8-11(17)6-7-12(10)16/h6-8H,4-5,9,17H2,1-3H3. The fraction of sp³-hybridized carbons (Fsp3) is 0.400. The van der Waals surface area contributed by atoms with Crippen LogP contribution in [0.4, 0.5) is 11.6 Å². The number of nitrogen functional groups attached to an aromatic ring is 1. The molecule has 1 heterocycles. The molecule has 5 nitrogen and oxygen atoms in total. The van der Waals surface area contributed by atoms with Gasteiger partial charge < -0.3 is 10.6 Å². The molecule has 0 spiro atoms. The summed E-state index contributed by atoms with van der Waals surface area (Å²) in [5, 5.41) is 9.14. The monoisotopic (exact) mass is 305 g/mol. The van der Waals surface area contributed by atoms with E-state index in [2.05, 4.69) is 29.0 Å². The third-order valence-electron chi connectivity index (χ3n) is 3.32. The van der Waals surface area contributed by atoms with Crippen LogP contribution < -0.4 is 10.6 Å². The molecule has 2 rings (SSSR count). The molecule has 0 unspecified atom stereocenters. The highest BCUT2D eigenvalue weighted by atomic mass is 35.5. The minimum atomic E-state index is 0.584. The number of aromatic nitrogens is 3. The largest absolute Gasteiger partial charge is 0.399 e. The topological polar surface area (TPSA) is 67.9 Å². The van der Waals surface area contributed by atoms with Gasteiger partial charge in [-0.2, -0.15) is 5.10 Å². The Balaban J connectivity index is 2.24. The lowest BCUT2D eigenvalue weighted by atomic mass is 10.2. The number of hydrogen-bond donors (Lipinski definition) is 1. The molecule has 1 aromatic carbocycles. The Morgan fingerprint density at radius 3 is 2.52 bits per heavy atom. The average Bonchev–Trinajstić information content (AvgIpc) is 2.50. The van der Waals surface area contributed by atoms with Gasteiger partial charge in [-0.05, 0) is 36.6 Å². The van der Waals surface area contributed by atoms with Crippen LogP contribution in [0.3, 0.4) is 0 Å². The summed E-state index contributed by atoms with van der Waals surface area (Å²) >= 11 is 6.20. The summed E-state index contributed by atoms with van der Waals surface area (Å²) in [5.41, 5.74) is 9.39. The summed E-state index contributed by atoms with van der Waals surface area (Å²) in [6.07, 6.45) is 1.69. The molecular weight excluding hydrogens is 286 g/mol. The van der Waals surface area contributed by atoms with Crippen molar-refractivity contribution in [3.8, 4) is 0 Å². The van der Waals surface area contributed by atoms with Gasteiger partial charge >= 0.3 is 0 Å². The van der Waals surface area contributed by atoms with E-state index in [-0.39, 0.29) is 0 Å². The predicted octanol–water partition coefficient (Wildman–Crippen LogP) is 2.87. The first-order chi connectivity index (χ1) is 10.0. The summed E-state index contributed by atoms with van der Waals surface area (Å²) in [6, 6.07) is 5.46.